The van der Waals surface area contributed by atoms with Gasteiger partial charge in [-0.2, -0.15) is 0 Å². The summed E-state index contributed by atoms with van der Waals surface area (Å²) in [7, 11) is 8.57. The number of nitrogens with zero attached hydrogens (tertiary/aromatic N) is 2. The van der Waals surface area contributed by atoms with Crippen LogP contribution in [0.1, 0.15) is 36.9 Å². The van der Waals surface area contributed by atoms with Crippen LogP contribution in [0, 0.1) is 14.1 Å². The first kappa shape index (κ1) is 11.4. The molecule has 1 saturated carbocycles. The molecule has 0 N–H and O–H groups in total. The first-order valence-electron chi connectivity index (χ1n) is 7.21. The van der Waals surface area contributed by atoms with Gasteiger partial charge in [-0.1, -0.05) is 59.3 Å². The Kier molecular flexibility index (Phi) is 2.28. The minimum atomic E-state index is 0.317. The van der Waals surface area contributed by atoms with Crippen LogP contribution in [0.2, 0.25) is 0 Å². The summed E-state index contributed by atoms with van der Waals surface area (Å²) in [5.41, 5.74) is 4.45. The number of hydrogen-bond acceptors (Lipinski definition) is 1. The van der Waals surface area contributed by atoms with E-state index in [2.05, 4.69) is 47.8 Å². The first-order chi connectivity index (χ1) is 9.21. The summed E-state index contributed by atoms with van der Waals surface area (Å²) in [5, 5.41) is 1.40. The van der Waals surface area contributed by atoms with Gasteiger partial charge in [0.25, 0.3) is 0 Å². The molecule has 2 aliphatic rings. The minimum Gasteiger partial charge on any atom is -0.483 e. The van der Waals surface area contributed by atoms with E-state index in [9.17, 15) is 0 Å². The number of rotatable bonds is 0. The van der Waals surface area contributed by atoms with Crippen LogP contribution in [0.15, 0.2) is 24.3 Å². The summed E-state index contributed by atoms with van der Waals surface area (Å²) in [5.74, 6) is 0. The molecule has 100 valence electrons. The molecule has 2 aromatic rings. The monoisotopic (exact) mass is 252 g/mol. The number of fused-ring (bicyclic) bond motifs is 3. The molecular formula is C17H20N2-2. The van der Waals surface area contributed by atoms with Crippen molar-refractivity contribution in [3.63, 3.8) is 0 Å². The second-order valence-corrected chi connectivity index (χ2v) is 6.18. The molecule has 2 heteroatoms. The summed E-state index contributed by atoms with van der Waals surface area (Å²) >= 11 is 0. The zero-order chi connectivity index (χ0) is 13.0. The van der Waals surface area contributed by atoms with Gasteiger partial charge in [0.1, 0.15) is 0 Å². The molecule has 0 bridgehead atoms. The third-order valence-electron chi connectivity index (χ3n) is 5.25. The fraction of sp³-hybridized carbons (Fsp3) is 0.412. The average Bonchev–Trinajstić information content (AvgIpc) is 2.99. The lowest BCUT2D eigenvalue weighted by Crippen LogP contribution is -2.47. The predicted octanol–water partition coefficient (Wildman–Crippen LogP) is 3.74. The standard InChI is InChI=1S/C17H20N2/c1-18-12-16-14(11-17(18)9-5-6-10-17)13-7-3-4-8-15(13)19(16)2/h3-4,7-8H,1-2,5-6,9-12H2/q-2. The van der Waals surface area contributed by atoms with Crippen molar-refractivity contribution in [2.75, 3.05) is 0 Å². The Labute approximate surface area is 115 Å². The van der Waals surface area contributed by atoms with Crippen molar-refractivity contribution in [1.29, 1.82) is 0 Å². The van der Waals surface area contributed by atoms with Crippen LogP contribution in [0.5, 0.6) is 0 Å². The highest BCUT2D eigenvalue weighted by Crippen LogP contribution is 2.44. The van der Waals surface area contributed by atoms with Crippen LogP contribution in [-0.2, 0) is 13.0 Å². The highest BCUT2D eigenvalue weighted by atomic mass is 15.2. The summed E-state index contributed by atoms with van der Waals surface area (Å²) in [6.45, 7) is 0.938. The highest BCUT2D eigenvalue weighted by molar-refractivity contribution is 5.86. The molecule has 2 nitrogen and oxygen atoms in total. The van der Waals surface area contributed by atoms with E-state index < -0.39 is 0 Å². The Hall–Kier alpha value is -1.41. The third kappa shape index (κ3) is 1.44. The molecular weight excluding hydrogens is 232 g/mol. The molecule has 2 heterocycles. The van der Waals surface area contributed by atoms with E-state index in [0.717, 1.165) is 13.0 Å². The van der Waals surface area contributed by atoms with E-state index in [4.69, 9.17) is 0 Å². The van der Waals surface area contributed by atoms with Crippen molar-refractivity contribution in [1.82, 2.24) is 9.47 Å². The van der Waals surface area contributed by atoms with Crippen LogP contribution in [-0.4, -0.2) is 15.0 Å². The number of para-hydroxylation sites is 1. The predicted molar refractivity (Wildman–Crippen MR) is 78.5 cm³/mol. The molecule has 0 amide bonds. The van der Waals surface area contributed by atoms with Crippen molar-refractivity contribution >= 4 is 10.9 Å². The smallest absolute Gasteiger partial charge is 0.00408 e. The number of hydrogen-bond donors (Lipinski definition) is 0. The number of aromatic nitrogens is 1. The summed E-state index contributed by atoms with van der Waals surface area (Å²) in [6.07, 6.45) is 6.45. The van der Waals surface area contributed by atoms with Gasteiger partial charge in [-0.15, -0.1) is 7.05 Å². The van der Waals surface area contributed by atoms with Gasteiger partial charge in [0.05, 0.1) is 0 Å². The zero-order valence-corrected chi connectivity index (χ0v) is 11.4. The Balaban J connectivity index is 1.92. The maximum Gasteiger partial charge on any atom is -0.00408 e. The molecule has 19 heavy (non-hydrogen) atoms. The fourth-order valence-corrected chi connectivity index (χ4v) is 4.12. The van der Waals surface area contributed by atoms with E-state index >= 15 is 0 Å². The van der Waals surface area contributed by atoms with E-state index in [-0.39, 0.29) is 0 Å². The van der Waals surface area contributed by atoms with Gasteiger partial charge in [0.2, 0.25) is 0 Å². The molecule has 1 spiro atoms. The van der Waals surface area contributed by atoms with Crippen LogP contribution >= 0.6 is 0 Å². The van der Waals surface area contributed by atoms with Crippen LogP contribution < -0.4 is 0 Å². The molecule has 0 unspecified atom stereocenters. The van der Waals surface area contributed by atoms with Gasteiger partial charge in [0, 0.05) is 0 Å². The van der Waals surface area contributed by atoms with Gasteiger partial charge in [0.15, 0.2) is 0 Å². The lowest BCUT2D eigenvalue weighted by molar-refractivity contribution is 0.121. The molecule has 1 aliphatic carbocycles. The SMILES string of the molecule is [CH2-]N1Cc2c(c3ccccc3n2[CH2-])CC12CCCC2. The van der Waals surface area contributed by atoms with E-state index in [1.54, 1.807) is 0 Å². The molecule has 1 aromatic heterocycles. The van der Waals surface area contributed by atoms with Crippen molar-refractivity contribution in [3.8, 4) is 0 Å². The van der Waals surface area contributed by atoms with E-state index in [1.165, 1.54) is 47.8 Å². The zero-order valence-electron chi connectivity index (χ0n) is 11.4. The lowest BCUT2D eigenvalue weighted by atomic mass is 9.83. The van der Waals surface area contributed by atoms with Crippen LogP contribution in [0.25, 0.3) is 10.9 Å². The first-order valence-corrected chi connectivity index (χ1v) is 7.21. The number of benzene rings is 1. The maximum absolute atomic E-state index is 4.34. The van der Waals surface area contributed by atoms with Crippen molar-refractivity contribution in [2.45, 2.75) is 44.2 Å². The van der Waals surface area contributed by atoms with Crippen molar-refractivity contribution < 1.29 is 0 Å². The summed E-state index contributed by atoms with van der Waals surface area (Å²) < 4.78 is 2.12. The minimum absolute atomic E-state index is 0.317. The molecule has 1 fully saturated rings. The van der Waals surface area contributed by atoms with E-state index in [0.29, 0.717) is 5.54 Å². The molecule has 1 aliphatic heterocycles. The molecule has 0 atom stereocenters. The second-order valence-electron chi connectivity index (χ2n) is 6.18. The molecule has 0 saturated heterocycles. The largest absolute Gasteiger partial charge is 0.483 e. The van der Waals surface area contributed by atoms with E-state index in [1.807, 2.05) is 0 Å². The highest BCUT2D eigenvalue weighted by Gasteiger charge is 2.37. The Bertz CT molecular complexity index is 632. The Morgan fingerprint density at radius 1 is 1.05 bits per heavy atom. The maximum atomic E-state index is 4.34. The average molecular weight is 252 g/mol. The lowest BCUT2D eigenvalue weighted by Gasteiger charge is -2.51. The van der Waals surface area contributed by atoms with Gasteiger partial charge in [-0.05, 0) is 31.3 Å². The van der Waals surface area contributed by atoms with Gasteiger partial charge in [-0.25, -0.2) is 0 Å². The Morgan fingerprint density at radius 3 is 2.58 bits per heavy atom. The normalized spacial score (nSPS) is 22.2. The Morgan fingerprint density at radius 2 is 1.79 bits per heavy atom. The topological polar surface area (TPSA) is 8.17 Å². The third-order valence-corrected chi connectivity index (χ3v) is 5.25. The molecule has 4 rings (SSSR count). The molecule has 1 aromatic carbocycles. The molecule has 0 radical (unpaired) electrons. The van der Waals surface area contributed by atoms with Gasteiger partial charge in [-0.3, -0.25) is 7.05 Å². The van der Waals surface area contributed by atoms with Crippen molar-refractivity contribution in [3.05, 3.63) is 49.6 Å². The van der Waals surface area contributed by atoms with Gasteiger partial charge < -0.3 is 9.47 Å². The second kappa shape index (κ2) is 3.80. The van der Waals surface area contributed by atoms with Crippen LogP contribution in [0.3, 0.4) is 0 Å². The van der Waals surface area contributed by atoms with Crippen LogP contribution in [0.4, 0.5) is 0 Å². The fourth-order valence-electron chi connectivity index (χ4n) is 4.12. The van der Waals surface area contributed by atoms with Crippen molar-refractivity contribution in [2.24, 2.45) is 0 Å². The summed E-state index contributed by atoms with van der Waals surface area (Å²) in [4.78, 5) is 2.34. The quantitative estimate of drug-likeness (QED) is 0.648. The van der Waals surface area contributed by atoms with Gasteiger partial charge >= 0.3 is 0 Å². The summed E-state index contributed by atoms with van der Waals surface area (Å²) in [6, 6.07) is 8.66.